The molecule has 0 aliphatic heterocycles. The monoisotopic (exact) mass is 343 g/mol. The fraction of sp³-hybridized carbons (Fsp3) is 0.474. The number of anilines is 1. The standard InChI is InChI=1S/C19H25N3O3/c1-19(2,3)25-18(23)22-10-15(21-11-22)13-7-5-6-12-14(20)8-9-16(24-4)17(12)13/h8-11,13H,5-7,20H2,1-4H3. The summed E-state index contributed by atoms with van der Waals surface area (Å²) in [6, 6.07) is 3.79. The highest BCUT2D eigenvalue weighted by molar-refractivity contribution is 5.71. The number of nitrogens with two attached hydrogens (primary N) is 1. The molecule has 0 radical (unpaired) electrons. The first-order chi connectivity index (χ1) is 11.8. The van der Waals surface area contributed by atoms with Crippen molar-refractivity contribution in [2.75, 3.05) is 12.8 Å². The van der Waals surface area contributed by atoms with Gasteiger partial charge in [0, 0.05) is 23.4 Å². The Hall–Kier alpha value is -2.50. The number of nitrogens with zero attached hydrogens (tertiary/aromatic N) is 2. The molecule has 1 unspecified atom stereocenters. The van der Waals surface area contributed by atoms with Crippen molar-refractivity contribution >= 4 is 11.8 Å². The molecule has 2 aromatic rings. The van der Waals surface area contributed by atoms with Gasteiger partial charge in [-0.05, 0) is 57.7 Å². The van der Waals surface area contributed by atoms with Gasteiger partial charge in [0.15, 0.2) is 0 Å². The number of fused-ring (bicyclic) bond motifs is 1. The molecule has 6 heteroatoms. The van der Waals surface area contributed by atoms with Gasteiger partial charge < -0.3 is 15.2 Å². The van der Waals surface area contributed by atoms with Crippen LogP contribution in [-0.2, 0) is 11.2 Å². The van der Waals surface area contributed by atoms with E-state index in [1.54, 1.807) is 13.3 Å². The van der Waals surface area contributed by atoms with Crippen LogP contribution in [0.25, 0.3) is 0 Å². The number of carbonyl (C=O) groups is 1. The minimum absolute atomic E-state index is 0.0610. The number of rotatable bonds is 2. The first-order valence-electron chi connectivity index (χ1n) is 8.52. The molecule has 134 valence electrons. The number of carbonyl (C=O) groups excluding carboxylic acids is 1. The highest BCUT2D eigenvalue weighted by Gasteiger charge is 2.29. The Morgan fingerprint density at radius 2 is 2.12 bits per heavy atom. The third kappa shape index (κ3) is 3.48. The van der Waals surface area contributed by atoms with Crippen LogP contribution in [-0.4, -0.2) is 28.4 Å². The third-order valence-corrected chi connectivity index (χ3v) is 4.41. The molecule has 0 saturated heterocycles. The molecule has 1 atom stereocenters. The van der Waals surface area contributed by atoms with Crippen molar-refractivity contribution < 1.29 is 14.3 Å². The zero-order chi connectivity index (χ0) is 18.2. The second kappa shape index (κ2) is 6.43. The summed E-state index contributed by atoms with van der Waals surface area (Å²) in [5, 5.41) is 0. The van der Waals surface area contributed by atoms with E-state index in [1.807, 2.05) is 32.9 Å². The van der Waals surface area contributed by atoms with Gasteiger partial charge in [-0.25, -0.2) is 14.3 Å². The topological polar surface area (TPSA) is 79.4 Å². The minimum Gasteiger partial charge on any atom is -0.496 e. The molecular formula is C19H25N3O3. The van der Waals surface area contributed by atoms with Crippen molar-refractivity contribution in [3.63, 3.8) is 0 Å². The lowest BCUT2D eigenvalue weighted by Gasteiger charge is -2.27. The Morgan fingerprint density at radius 3 is 2.80 bits per heavy atom. The molecule has 3 rings (SSSR count). The third-order valence-electron chi connectivity index (χ3n) is 4.41. The molecule has 2 N–H and O–H groups in total. The highest BCUT2D eigenvalue weighted by atomic mass is 16.6. The van der Waals surface area contributed by atoms with E-state index in [1.165, 1.54) is 10.9 Å². The number of imidazole rings is 1. The molecule has 0 fully saturated rings. The second-order valence-corrected chi connectivity index (χ2v) is 7.38. The number of methoxy groups -OCH3 is 1. The molecule has 0 bridgehead atoms. The van der Waals surface area contributed by atoms with Crippen LogP contribution in [0.2, 0.25) is 0 Å². The maximum absolute atomic E-state index is 12.2. The molecule has 1 aromatic carbocycles. The van der Waals surface area contributed by atoms with Gasteiger partial charge in [-0.15, -0.1) is 0 Å². The zero-order valence-electron chi connectivity index (χ0n) is 15.2. The van der Waals surface area contributed by atoms with E-state index in [2.05, 4.69) is 4.98 Å². The van der Waals surface area contributed by atoms with Crippen LogP contribution < -0.4 is 10.5 Å². The average Bonchev–Trinajstić information content (AvgIpc) is 3.03. The molecule has 1 aliphatic carbocycles. The Bertz CT molecular complexity index is 790. The van der Waals surface area contributed by atoms with Gasteiger partial charge in [0.2, 0.25) is 0 Å². The average molecular weight is 343 g/mol. The summed E-state index contributed by atoms with van der Waals surface area (Å²) in [5.74, 6) is 0.881. The van der Waals surface area contributed by atoms with E-state index in [0.29, 0.717) is 0 Å². The Kier molecular flexibility index (Phi) is 4.45. The normalized spacial score (nSPS) is 17.0. The molecule has 25 heavy (non-hydrogen) atoms. The molecule has 0 amide bonds. The van der Waals surface area contributed by atoms with Crippen LogP contribution in [0.15, 0.2) is 24.7 Å². The van der Waals surface area contributed by atoms with Crippen molar-refractivity contribution in [3.05, 3.63) is 41.5 Å². The Labute approximate surface area is 147 Å². The van der Waals surface area contributed by atoms with Crippen LogP contribution in [0.1, 0.15) is 56.4 Å². The second-order valence-electron chi connectivity index (χ2n) is 7.38. The summed E-state index contributed by atoms with van der Waals surface area (Å²) in [7, 11) is 1.66. The van der Waals surface area contributed by atoms with Gasteiger partial charge in [0.25, 0.3) is 0 Å². The smallest absolute Gasteiger partial charge is 0.419 e. The van der Waals surface area contributed by atoms with Crippen molar-refractivity contribution in [2.24, 2.45) is 0 Å². The molecular weight excluding hydrogens is 318 g/mol. The lowest BCUT2D eigenvalue weighted by atomic mass is 9.80. The van der Waals surface area contributed by atoms with Crippen molar-refractivity contribution in [1.82, 2.24) is 9.55 Å². The van der Waals surface area contributed by atoms with Crippen LogP contribution in [0.4, 0.5) is 10.5 Å². The number of aromatic nitrogens is 2. The van der Waals surface area contributed by atoms with Crippen LogP contribution in [0, 0.1) is 0 Å². The largest absolute Gasteiger partial charge is 0.496 e. The SMILES string of the molecule is COc1ccc(N)c2c1C(c1cn(C(=O)OC(C)(C)C)cn1)CCC2. The van der Waals surface area contributed by atoms with Gasteiger partial charge in [0.1, 0.15) is 17.7 Å². The predicted octanol–water partition coefficient (Wildman–Crippen LogP) is 3.73. The van der Waals surface area contributed by atoms with Gasteiger partial charge >= 0.3 is 6.09 Å². The summed E-state index contributed by atoms with van der Waals surface area (Å²) in [6.07, 6.45) is 5.72. The number of hydrogen-bond donors (Lipinski definition) is 1. The first kappa shape index (κ1) is 17.3. The van der Waals surface area contributed by atoms with Crippen LogP contribution >= 0.6 is 0 Å². The van der Waals surface area contributed by atoms with Gasteiger partial charge in [0.05, 0.1) is 12.8 Å². The lowest BCUT2D eigenvalue weighted by Crippen LogP contribution is -2.26. The maximum atomic E-state index is 12.2. The van der Waals surface area contributed by atoms with Crippen molar-refractivity contribution in [3.8, 4) is 5.75 Å². The highest BCUT2D eigenvalue weighted by Crippen LogP contribution is 2.43. The van der Waals surface area contributed by atoms with E-state index in [-0.39, 0.29) is 5.92 Å². The maximum Gasteiger partial charge on any atom is 0.419 e. The summed E-state index contributed by atoms with van der Waals surface area (Å²) in [5.41, 5.74) is 9.45. The summed E-state index contributed by atoms with van der Waals surface area (Å²) in [6.45, 7) is 5.52. The zero-order valence-corrected chi connectivity index (χ0v) is 15.2. The van der Waals surface area contributed by atoms with Gasteiger partial charge in [-0.3, -0.25) is 0 Å². The van der Waals surface area contributed by atoms with Crippen LogP contribution in [0.3, 0.4) is 0 Å². The van der Waals surface area contributed by atoms with Gasteiger partial charge in [-0.2, -0.15) is 0 Å². The fourth-order valence-corrected chi connectivity index (χ4v) is 3.35. The molecule has 0 spiro atoms. The number of hydrogen-bond acceptors (Lipinski definition) is 5. The molecule has 1 heterocycles. The lowest BCUT2D eigenvalue weighted by molar-refractivity contribution is 0.0536. The van der Waals surface area contributed by atoms with Gasteiger partial charge in [-0.1, -0.05) is 0 Å². The molecule has 1 aliphatic rings. The summed E-state index contributed by atoms with van der Waals surface area (Å²) in [4.78, 5) is 16.7. The Balaban J connectivity index is 1.95. The first-order valence-corrected chi connectivity index (χ1v) is 8.52. The van der Waals surface area contributed by atoms with Crippen LogP contribution in [0.5, 0.6) is 5.75 Å². The number of benzene rings is 1. The van der Waals surface area contributed by atoms with E-state index < -0.39 is 11.7 Å². The number of ether oxygens (including phenoxy) is 2. The summed E-state index contributed by atoms with van der Waals surface area (Å²) >= 11 is 0. The molecule has 0 saturated carbocycles. The minimum atomic E-state index is -0.545. The van der Waals surface area contributed by atoms with Crippen molar-refractivity contribution in [1.29, 1.82) is 0 Å². The van der Waals surface area contributed by atoms with E-state index >= 15 is 0 Å². The predicted molar refractivity (Wildman–Crippen MR) is 96.0 cm³/mol. The summed E-state index contributed by atoms with van der Waals surface area (Å²) < 4.78 is 12.4. The molecule has 6 nitrogen and oxygen atoms in total. The van der Waals surface area contributed by atoms with E-state index in [4.69, 9.17) is 15.2 Å². The quantitative estimate of drug-likeness (QED) is 0.841. The molecule has 1 aromatic heterocycles. The fourth-order valence-electron chi connectivity index (χ4n) is 3.35. The van der Waals surface area contributed by atoms with E-state index in [9.17, 15) is 4.79 Å². The van der Waals surface area contributed by atoms with Crippen molar-refractivity contribution in [2.45, 2.75) is 51.6 Å². The Morgan fingerprint density at radius 1 is 1.36 bits per heavy atom. The van der Waals surface area contributed by atoms with E-state index in [0.717, 1.165) is 47.5 Å². The number of nitrogen functional groups attached to an aromatic ring is 1.